The molecular weight excluding hydrogens is 280 g/mol. The Morgan fingerprint density at radius 1 is 1.25 bits per heavy atom. The van der Waals surface area contributed by atoms with Crippen LogP contribution in [0, 0.1) is 5.92 Å². The minimum atomic E-state index is -3.23. The molecule has 7 heteroatoms. The first-order chi connectivity index (χ1) is 8.87. The number of amides is 2. The van der Waals surface area contributed by atoms with E-state index in [-0.39, 0.29) is 23.5 Å². The SMILES string of the molecule is CC(C)C1C(=O)NC(C)(C)C(=O)N1C(C)CS(C)(=O)=O. The van der Waals surface area contributed by atoms with E-state index in [2.05, 4.69) is 5.32 Å². The van der Waals surface area contributed by atoms with Gasteiger partial charge in [-0.25, -0.2) is 8.42 Å². The molecule has 1 aliphatic rings. The number of sulfone groups is 1. The predicted molar refractivity (Wildman–Crippen MR) is 76.9 cm³/mol. The van der Waals surface area contributed by atoms with Gasteiger partial charge in [0, 0.05) is 12.3 Å². The zero-order valence-electron chi connectivity index (χ0n) is 12.9. The van der Waals surface area contributed by atoms with Crippen molar-refractivity contribution in [2.75, 3.05) is 12.0 Å². The lowest BCUT2D eigenvalue weighted by molar-refractivity contribution is -0.157. The van der Waals surface area contributed by atoms with Gasteiger partial charge in [-0.15, -0.1) is 0 Å². The summed E-state index contributed by atoms with van der Waals surface area (Å²) in [6.45, 7) is 8.61. The van der Waals surface area contributed by atoms with Crippen molar-refractivity contribution in [2.45, 2.75) is 52.2 Å². The number of hydrogen-bond acceptors (Lipinski definition) is 4. The zero-order chi connectivity index (χ0) is 15.9. The molecule has 0 aromatic rings. The van der Waals surface area contributed by atoms with Gasteiger partial charge in [-0.2, -0.15) is 0 Å². The third kappa shape index (κ3) is 3.50. The molecule has 0 spiro atoms. The summed E-state index contributed by atoms with van der Waals surface area (Å²) in [5.74, 6) is -0.709. The quantitative estimate of drug-likeness (QED) is 0.803. The average Bonchev–Trinajstić information content (AvgIpc) is 2.18. The zero-order valence-corrected chi connectivity index (χ0v) is 13.7. The summed E-state index contributed by atoms with van der Waals surface area (Å²) in [5.41, 5.74) is -1.01. The molecule has 0 bridgehead atoms. The largest absolute Gasteiger partial charge is 0.340 e. The maximum atomic E-state index is 12.6. The van der Waals surface area contributed by atoms with Crippen LogP contribution in [0.4, 0.5) is 0 Å². The van der Waals surface area contributed by atoms with E-state index in [0.717, 1.165) is 6.26 Å². The van der Waals surface area contributed by atoms with Gasteiger partial charge in [0.1, 0.15) is 21.4 Å². The van der Waals surface area contributed by atoms with Crippen LogP contribution in [0.3, 0.4) is 0 Å². The van der Waals surface area contributed by atoms with Crippen LogP contribution < -0.4 is 5.32 Å². The number of nitrogens with zero attached hydrogens (tertiary/aromatic N) is 1. The average molecular weight is 304 g/mol. The van der Waals surface area contributed by atoms with E-state index in [0.29, 0.717) is 0 Å². The summed E-state index contributed by atoms with van der Waals surface area (Å²) in [6, 6.07) is -1.16. The van der Waals surface area contributed by atoms with Crippen LogP contribution in [0.5, 0.6) is 0 Å². The molecule has 1 heterocycles. The molecule has 1 aliphatic heterocycles. The summed E-state index contributed by atoms with van der Waals surface area (Å²) in [7, 11) is -3.23. The number of hydrogen-bond donors (Lipinski definition) is 1. The maximum Gasteiger partial charge on any atom is 0.248 e. The number of rotatable bonds is 4. The molecule has 2 amide bonds. The lowest BCUT2D eigenvalue weighted by Crippen LogP contribution is -2.71. The Morgan fingerprint density at radius 2 is 1.75 bits per heavy atom. The molecule has 1 rings (SSSR count). The van der Waals surface area contributed by atoms with Crippen LogP contribution in [0.15, 0.2) is 0 Å². The molecule has 2 atom stereocenters. The topological polar surface area (TPSA) is 83.6 Å². The summed E-state index contributed by atoms with van der Waals surface area (Å²) in [4.78, 5) is 26.2. The second-order valence-corrected chi connectivity index (χ2v) is 8.64. The molecule has 0 radical (unpaired) electrons. The van der Waals surface area contributed by atoms with Gasteiger partial charge in [-0.05, 0) is 26.7 Å². The third-order valence-electron chi connectivity index (χ3n) is 3.42. The smallest absolute Gasteiger partial charge is 0.248 e. The Kier molecular flexibility index (Phi) is 4.53. The van der Waals surface area contributed by atoms with Gasteiger partial charge in [-0.1, -0.05) is 13.8 Å². The first-order valence-electron chi connectivity index (χ1n) is 6.69. The van der Waals surface area contributed by atoms with Crippen molar-refractivity contribution in [2.24, 2.45) is 5.92 Å². The number of nitrogens with one attached hydrogen (secondary N) is 1. The van der Waals surface area contributed by atoms with Crippen molar-refractivity contribution in [3.05, 3.63) is 0 Å². The van der Waals surface area contributed by atoms with E-state index in [1.165, 1.54) is 4.90 Å². The van der Waals surface area contributed by atoms with Crippen molar-refractivity contribution >= 4 is 21.7 Å². The van der Waals surface area contributed by atoms with Crippen LogP contribution in [0.25, 0.3) is 0 Å². The van der Waals surface area contributed by atoms with Crippen LogP contribution >= 0.6 is 0 Å². The van der Waals surface area contributed by atoms with Crippen molar-refractivity contribution < 1.29 is 18.0 Å². The van der Waals surface area contributed by atoms with E-state index in [4.69, 9.17) is 0 Å². The Morgan fingerprint density at radius 3 is 2.15 bits per heavy atom. The fourth-order valence-electron chi connectivity index (χ4n) is 2.63. The fourth-order valence-corrected chi connectivity index (χ4v) is 3.66. The number of carbonyl (C=O) groups is 2. The Bertz CT molecular complexity index is 510. The molecule has 0 aromatic heterocycles. The summed E-state index contributed by atoms with van der Waals surface area (Å²) < 4.78 is 22.9. The van der Waals surface area contributed by atoms with E-state index >= 15 is 0 Å². The molecule has 6 nitrogen and oxygen atoms in total. The van der Waals surface area contributed by atoms with Gasteiger partial charge in [0.25, 0.3) is 0 Å². The Labute approximate surface area is 120 Å². The minimum Gasteiger partial charge on any atom is -0.340 e. The van der Waals surface area contributed by atoms with Gasteiger partial charge in [-0.3, -0.25) is 9.59 Å². The van der Waals surface area contributed by atoms with E-state index in [9.17, 15) is 18.0 Å². The van der Waals surface area contributed by atoms with Gasteiger partial charge < -0.3 is 10.2 Å². The van der Waals surface area contributed by atoms with Crippen molar-refractivity contribution in [1.82, 2.24) is 10.2 Å². The molecular formula is C13H24N2O4S. The second-order valence-electron chi connectivity index (χ2n) is 6.46. The van der Waals surface area contributed by atoms with E-state index in [1.54, 1.807) is 20.8 Å². The highest BCUT2D eigenvalue weighted by molar-refractivity contribution is 7.90. The summed E-state index contributed by atoms with van der Waals surface area (Å²) in [5, 5.41) is 2.70. The number of piperazine rings is 1. The predicted octanol–water partition coefficient (Wildman–Crippen LogP) is 0.181. The first kappa shape index (κ1) is 16.9. The standard InChI is InChI=1S/C13H24N2O4S/c1-8(2)10-11(16)14-13(4,5)12(17)15(10)9(3)7-20(6,18)19/h8-10H,7H2,1-6H3,(H,14,16). The molecule has 0 saturated carbocycles. The summed E-state index contributed by atoms with van der Waals surface area (Å²) in [6.07, 6.45) is 1.13. The number of carbonyl (C=O) groups excluding carboxylic acids is 2. The minimum absolute atomic E-state index is 0.0861. The third-order valence-corrected chi connectivity index (χ3v) is 4.51. The van der Waals surface area contributed by atoms with E-state index < -0.39 is 27.5 Å². The monoisotopic (exact) mass is 304 g/mol. The second kappa shape index (κ2) is 5.35. The fraction of sp³-hybridized carbons (Fsp3) is 0.846. The normalized spacial score (nSPS) is 24.8. The lowest BCUT2D eigenvalue weighted by atomic mass is 9.90. The highest BCUT2D eigenvalue weighted by Gasteiger charge is 2.48. The van der Waals surface area contributed by atoms with Gasteiger partial charge in [0.2, 0.25) is 11.8 Å². The van der Waals surface area contributed by atoms with Crippen LogP contribution in [0.1, 0.15) is 34.6 Å². The molecule has 1 N–H and O–H groups in total. The Balaban J connectivity index is 3.19. The highest BCUT2D eigenvalue weighted by Crippen LogP contribution is 2.25. The molecule has 20 heavy (non-hydrogen) atoms. The van der Waals surface area contributed by atoms with Crippen LogP contribution in [-0.4, -0.2) is 54.8 Å². The molecule has 0 aliphatic carbocycles. The van der Waals surface area contributed by atoms with Gasteiger partial charge in [0.05, 0.1) is 5.75 Å². The molecule has 1 saturated heterocycles. The Hall–Kier alpha value is -1.11. The van der Waals surface area contributed by atoms with Crippen molar-refractivity contribution in [1.29, 1.82) is 0 Å². The van der Waals surface area contributed by atoms with Gasteiger partial charge >= 0.3 is 0 Å². The van der Waals surface area contributed by atoms with Crippen LogP contribution in [-0.2, 0) is 19.4 Å². The molecule has 116 valence electrons. The van der Waals surface area contributed by atoms with Crippen LogP contribution in [0.2, 0.25) is 0 Å². The van der Waals surface area contributed by atoms with E-state index in [1.807, 2.05) is 13.8 Å². The van der Waals surface area contributed by atoms with Crippen molar-refractivity contribution in [3.8, 4) is 0 Å². The first-order valence-corrected chi connectivity index (χ1v) is 8.75. The summed E-state index contributed by atoms with van der Waals surface area (Å²) >= 11 is 0. The maximum absolute atomic E-state index is 12.6. The van der Waals surface area contributed by atoms with Crippen molar-refractivity contribution in [3.63, 3.8) is 0 Å². The lowest BCUT2D eigenvalue weighted by Gasteiger charge is -2.46. The molecule has 2 unspecified atom stereocenters. The molecule has 0 aromatic carbocycles. The highest BCUT2D eigenvalue weighted by atomic mass is 32.2. The molecule has 1 fully saturated rings. The van der Waals surface area contributed by atoms with Gasteiger partial charge in [0.15, 0.2) is 0 Å².